The summed E-state index contributed by atoms with van der Waals surface area (Å²) in [7, 11) is 3.67. The van der Waals surface area contributed by atoms with Crippen LogP contribution in [0.5, 0.6) is 0 Å². The molecule has 198 valence electrons. The van der Waals surface area contributed by atoms with Crippen LogP contribution in [0.3, 0.4) is 0 Å². The van der Waals surface area contributed by atoms with E-state index in [-0.39, 0.29) is 30.4 Å². The molecule has 1 N–H and O–H groups in total. The number of hydrogen-bond acceptors (Lipinski definition) is 6. The monoisotopic (exact) mass is 514 g/mol. The smallest absolute Gasteiger partial charge is 0.372 e. The number of likely N-dealkylation sites (N-methyl/N-ethyl adjacent to an activating group) is 2. The van der Waals surface area contributed by atoms with E-state index in [1.54, 1.807) is 7.05 Å². The largest absolute Gasteiger partial charge is 0.419 e. The van der Waals surface area contributed by atoms with Crippen LogP contribution in [0, 0.1) is 0 Å². The Morgan fingerprint density at radius 2 is 1.81 bits per heavy atom. The first-order valence-electron chi connectivity index (χ1n) is 12.6. The van der Waals surface area contributed by atoms with E-state index in [2.05, 4.69) is 37.1 Å². The van der Waals surface area contributed by atoms with Crippen molar-refractivity contribution in [2.24, 2.45) is 4.99 Å². The Morgan fingerprint density at radius 3 is 2.51 bits per heavy atom. The Labute approximate surface area is 215 Å². The van der Waals surface area contributed by atoms with Gasteiger partial charge in [-0.2, -0.15) is 13.2 Å². The molecule has 1 aliphatic heterocycles. The first kappa shape index (κ1) is 26.8. The lowest BCUT2D eigenvalue weighted by molar-refractivity contribution is -0.138. The van der Waals surface area contributed by atoms with Gasteiger partial charge in [0.1, 0.15) is 0 Å². The Bertz CT molecular complexity index is 1170. The number of carbonyl (C=O) groups is 1. The molecule has 0 radical (unpaired) electrons. The molecule has 0 atom stereocenters. The summed E-state index contributed by atoms with van der Waals surface area (Å²) < 4.78 is 41.3. The number of amides is 1. The van der Waals surface area contributed by atoms with Gasteiger partial charge in [0.2, 0.25) is 11.9 Å². The van der Waals surface area contributed by atoms with Crippen molar-refractivity contribution in [1.82, 2.24) is 25.1 Å². The second-order valence-electron chi connectivity index (χ2n) is 9.53. The minimum absolute atomic E-state index is 0.0486. The van der Waals surface area contributed by atoms with Crippen molar-refractivity contribution >= 4 is 17.6 Å². The SMILES string of the molecule is CNC(=O)Cc1ccccc1CCc1nc(N=C2C=C(N3CCN(C)CC3)CCC2)ncc1C(F)(F)F. The number of alkyl halides is 3. The molecule has 2 aromatic rings. The molecule has 1 aliphatic carbocycles. The molecule has 1 saturated heterocycles. The van der Waals surface area contributed by atoms with Gasteiger partial charge in [-0.3, -0.25) is 4.79 Å². The zero-order chi connectivity index (χ0) is 26.4. The highest BCUT2D eigenvalue weighted by Gasteiger charge is 2.35. The van der Waals surface area contributed by atoms with E-state index in [4.69, 9.17) is 0 Å². The molecule has 0 saturated carbocycles. The standard InChI is InChI=1S/C27H33F3N6O/c1-31-25(37)16-20-7-4-3-6-19(20)10-11-24-23(27(28,29)30)18-32-26(34-24)33-21-8-5-9-22(17-21)36-14-12-35(2)13-15-36/h3-4,6-7,17-18H,5,8-16H2,1-2H3,(H,31,37). The van der Waals surface area contributed by atoms with E-state index in [0.717, 1.165) is 68.5 Å². The van der Waals surface area contributed by atoms with Crippen molar-refractivity contribution in [1.29, 1.82) is 0 Å². The molecule has 7 nitrogen and oxygen atoms in total. The number of aromatic nitrogens is 2. The van der Waals surface area contributed by atoms with Gasteiger partial charge in [0.05, 0.1) is 17.7 Å². The van der Waals surface area contributed by atoms with Crippen LogP contribution in [0.2, 0.25) is 0 Å². The Kier molecular flexibility index (Phi) is 8.58. The number of piperazine rings is 1. The molecule has 2 heterocycles. The number of allylic oxidation sites excluding steroid dienone is 2. The molecule has 0 bridgehead atoms. The number of halogens is 3. The number of rotatable bonds is 7. The molecule has 0 unspecified atom stereocenters. The first-order chi connectivity index (χ1) is 17.7. The third-order valence-electron chi connectivity index (χ3n) is 6.89. The number of nitrogens with one attached hydrogen (secondary N) is 1. The minimum atomic E-state index is -4.57. The van der Waals surface area contributed by atoms with Crippen molar-refractivity contribution in [3.05, 3.63) is 64.6 Å². The quantitative estimate of drug-likeness (QED) is 0.606. The molecule has 37 heavy (non-hydrogen) atoms. The number of benzene rings is 1. The van der Waals surface area contributed by atoms with E-state index in [0.29, 0.717) is 6.42 Å². The van der Waals surface area contributed by atoms with Gasteiger partial charge in [-0.1, -0.05) is 24.3 Å². The molecule has 0 spiro atoms. The molecular formula is C27H33F3N6O. The van der Waals surface area contributed by atoms with Gasteiger partial charge >= 0.3 is 6.18 Å². The molecule has 2 aliphatic rings. The molecule has 10 heteroatoms. The Morgan fingerprint density at radius 1 is 1.08 bits per heavy atom. The van der Waals surface area contributed by atoms with Gasteiger partial charge in [0.25, 0.3) is 0 Å². The van der Waals surface area contributed by atoms with Crippen LogP contribution < -0.4 is 5.32 Å². The summed E-state index contributed by atoms with van der Waals surface area (Å²) in [6, 6.07) is 7.29. The average molecular weight is 515 g/mol. The Hall–Kier alpha value is -3.27. The van der Waals surface area contributed by atoms with E-state index in [9.17, 15) is 18.0 Å². The van der Waals surface area contributed by atoms with E-state index in [1.165, 1.54) is 5.70 Å². The average Bonchev–Trinajstić information content (AvgIpc) is 2.88. The van der Waals surface area contributed by atoms with Gasteiger partial charge in [0, 0.05) is 50.8 Å². The zero-order valence-electron chi connectivity index (χ0n) is 21.3. The highest BCUT2D eigenvalue weighted by Crippen LogP contribution is 2.32. The summed E-state index contributed by atoms with van der Waals surface area (Å²) in [4.78, 5) is 29.3. The van der Waals surface area contributed by atoms with E-state index in [1.807, 2.05) is 30.3 Å². The van der Waals surface area contributed by atoms with Crippen molar-refractivity contribution in [3.8, 4) is 0 Å². The van der Waals surface area contributed by atoms with Crippen LogP contribution in [0.15, 0.2) is 47.2 Å². The number of aryl methyl sites for hydroxylation is 2. The van der Waals surface area contributed by atoms with Crippen LogP contribution in [0.4, 0.5) is 19.1 Å². The van der Waals surface area contributed by atoms with Gasteiger partial charge in [-0.15, -0.1) is 0 Å². The van der Waals surface area contributed by atoms with Crippen LogP contribution in [-0.2, 0) is 30.2 Å². The Balaban J connectivity index is 1.56. The van der Waals surface area contributed by atoms with Crippen molar-refractivity contribution in [2.45, 2.75) is 44.7 Å². The summed E-state index contributed by atoms with van der Waals surface area (Å²) in [6.07, 6.45) is 1.51. The summed E-state index contributed by atoms with van der Waals surface area (Å²) in [6.45, 7) is 3.92. The maximum atomic E-state index is 13.8. The fourth-order valence-corrected chi connectivity index (χ4v) is 4.72. The predicted molar refractivity (Wildman–Crippen MR) is 137 cm³/mol. The molecule has 1 aromatic carbocycles. The van der Waals surface area contributed by atoms with Crippen molar-refractivity contribution in [2.75, 3.05) is 40.3 Å². The lowest BCUT2D eigenvalue weighted by atomic mass is 9.98. The van der Waals surface area contributed by atoms with Gasteiger partial charge < -0.3 is 15.1 Å². The number of aliphatic imine (C=N–C) groups is 1. The second kappa shape index (κ2) is 11.9. The first-order valence-corrected chi connectivity index (χ1v) is 12.6. The van der Waals surface area contributed by atoms with Crippen LogP contribution >= 0.6 is 0 Å². The fourth-order valence-electron chi connectivity index (χ4n) is 4.72. The van der Waals surface area contributed by atoms with Gasteiger partial charge in [0.15, 0.2) is 0 Å². The summed E-state index contributed by atoms with van der Waals surface area (Å²) in [5.74, 6) is -0.104. The summed E-state index contributed by atoms with van der Waals surface area (Å²) >= 11 is 0. The fraction of sp³-hybridized carbons (Fsp3) is 0.481. The maximum absolute atomic E-state index is 13.8. The molecule has 1 aromatic heterocycles. The molecule has 1 amide bonds. The van der Waals surface area contributed by atoms with Crippen LogP contribution in [-0.4, -0.2) is 71.7 Å². The zero-order valence-corrected chi connectivity index (χ0v) is 21.3. The van der Waals surface area contributed by atoms with Crippen LogP contribution in [0.1, 0.15) is 41.6 Å². The van der Waals surface area contributed by atoms with Gasteiger partial charge in [-0.25, -0.2) is 15.0 Å². The van der Waals surface area contributed by atoms with Crippen molar-refractivity contribution < 1.29 is 18.0 Å². The topological polar surface area (TPSA) is 73.7 Å². The normalized spacial score (nSPS) is 18.1. The lowest BCUT2D eigenvalue weighted by Gasteiger charge is -2.36. The number of nitrogens with zero attached hydrogens (tertiary/aromatic N) is 5. The predicted octanol–water partition coefficient (Wildman–Crippen LogP) is 3.96. The third-order valence-corrected chi connectivity index (χ3v) is 6.89. The van der Waals surface area contributed by atoms with E-state index >= 15 is 0 Å². The molecule has 4 rings (SSSR count). The third kappa shape index (κ3) is 7.15. The molecule has 1 fully saturated rings. The summed E-state index contributed by atoms with van der Waals surface area (Å²) in [5.41, 5.74) is 2.68. The molecular weight excluding hydrogens is 481 g/mol. The highest BCUT2D eigenvalue weighted by atomic mass is 19.4. The highest BCUT2D eigenvalue weighted by molar-refractivity contribution is 5.97. The number of carbonyl (C=O) groups excluding carboxylic acids is 1. The number of hydrogen-bond donors (Lipinski definition) is 1. The second-order valence-corrected chi connectivity index (χ2v) is 9.53. The van der Waals surface area contributed by atoms with Crippen LogP contribution in [0.25, 0.3) is 0 Å². The van der Waals surface area contributed by atoms with E-state index < -0.39 is 11.7 Å². The summed E-state index contributed by atoms with van der Waals surface area (Å²) in [5, 5.41) is 2.58. The minimum Gasteiger partial charge on any atom is -0.372 e. The van der Waals surface area contributed by atoms with Gasteiger partial charge in [-0.05, 0) is 56.4 Å². The van der Waals surface area contributed by atoms with Crippen molar-refractivity contribution in [3.63, 3.8) is 0 Å². The lowest BCUT2D eigenvalue weighted by Crippen LogP contribution is -2.44. The maximum Gasteiger partial charge on any atom is 0.419 e.